The molecule has 0 bridgehead atoms. The highest BCUT2D eigenvalue weighted by atomic mass is 16.7. The van der Waals surface area contributed by atoms with Gasteiger partial charge in [-0.2, -0.15) is 0 Å². The number of hydrogen-bond acceptors (Lipinski definition) is 12. The van der Waals surface area contributed by atoms with E-state index < -0.39 is 30.3 Å². The average Bonchev–Trinajstić information content (AvgIpc) is 3.28. The van der Waals surface area contributed by atoms with Crippen LogP contribution in [0.3, 0.4) is 0 Å². The third-order valence-electron chi connectivity index (χ3n) is 11.1. The fourth-order valence-corrected chi connectivity index (χ4v) is 7.24. The number of nitrogens with zero attached hydrogens (tertiary/aromatic N) is 1. The number of likely N-dealkylation sites (tertiary alicyclic amines) is 1. The number of carbonyl (C=O) groups is 4. The number of hydrogen-bond donors (Lipinski definition) is 0. The lowest BCUT2D eigenvalue weighted by molar-refractivity contribution is -0.161. The molecule has 12 heteroatoms. The van der Waals surface area contributed by atoms with Crippen molar-refractivity contribution < 1.29 is 52.3 Å². The summed E-state index contributed by atoms with van der Waals surface area (Å²) in [6.07, 6.45) is 27.1. The predicted molar refractivity (Wildman–Crippen MR) is 246 cm³/mol. The molecule has 1 aliphatic heterocycles. The van der Waals surface area contributed by atoms with Gasteiger partial charge in [-0.05, 0) is 102 Å². The molecule has 1 saturated heterocycles. The van der Waals surface area contributed by atoms with Gasteiger partial charge in [0, 0.05) is 44.9 Å². The molecule has 0 N–H and O–H groups in total. The fraction of sp³-hybridized carbons (Fsp3) is 0.840. The van der Waals surface area contributed by atoms with Gasteiger partial charge in [-0.1, -0.05) is 97.4 Å². The smallest absolute Gasteiger partial charge is 0.466 e. The van der Waals surface area contributed by atoms with E-state index in [1.807, 2.05) is 0 Å². The fourth-order valence-electron chi connectivity index (χ4n) is 7.24. The van der Waals surface area contributed by atoms with Crippen LogP contribution in [0.4, 0.5) is 4.79 Å². The van der Waals surface area contributed by atoms with Crippen LogP contribution in [0, 0.1) is 17.8 Å². The van der Waals surface area contributed by atoms with Gasteiger partial charge in [0.1, 0.15) is 19.8 Å². The Kier molecular flexibility index (Phi) is 37.5. The van der Waals surface area contributed by atoms with E-state index in [1.54, 1.807) is 0 Å². The van der Waals surface area contributed by atoms with Crippen molar-refractivity contribution in [1.29, 1.82) is 0 Å². The standard InChI is InChI=1S/C50H89NO11/c1-6-11-15-17-19-23-35-57-49(58-36-24-20-18-16-12-7-2)32-31-48(54)60-41-45(42-62-50(55)61-39-44-28-25-34-51(10-5)38-44)40-59-47(53)30-22-21-29-46(52)56-37-33-43(26-13-8-3)27-14-9-4/h11-12,15-16,43-45,49H,6-10,13-14,17-42H2,1-5H3/b15-11-,16-12-. The first kappa shape index (κ1) is 57.1. The highest BCUT2D eigenvalue weighted by Gasteiger charge is 2.23. The van der Waals surface area contributed by atoms with Crippen LogP contribution in [-0.2, 0) is 47.5 Å². The SMILES string of the molecule is CC/C=C\CCCCOC(CCC(=O)OCC(COC(=O)CCCCC(=O)OCCC(CCCC)CCCC)COC(=O)OCC1CCCN(CC)C1)OCCCC/C=C\CC. The minimum absolute atomic E-state index is 0.0788. The Bertz CT molecular complexity index is 1150. The minimum Gasteiger partial charge on any atom is -0.466 e. The molecule has 1 aliphatic rings. The second-order valence-corrected chi connectivity index (χ2v) is 16.8. The zero-order valence-electron chi connectivity index (χ0n) is 39.9. The van der Waals surface area contributed by atoms with Gasteiger partial charge in [-0.3, -0.25) is 14.4 Å². The van der Waals surface area contributed by atoms with Gasteiger partial charge >= 0.3 is 24.1 Å². The van der Waals surface area contributed by atoms with Gasteiger partial charge in [0.15, 0.2) is 6.29 Å². The molecule has 0 aromatic carbocycles. The van der Waals surface area contributed by atoms with Gasteiger partial charge < -0.3 is 38.1 Å². The molecule has 0 aliphatic carbocycles. The summed E-state index contributed by atoms with van der Waals surface area (Å²) in [5.74, 6) is -0.882. The molecule has 1 fully saturated rings. The molecule has 1 rings (SSSR count). The normalized spacial score (nSPS) is 15.1. The van der Waals surface area contributed by atoms with E-state index in [0.29, 0.717) is 45.0 Å². The van der Waals surface area contributed by atoms with Crippen molar-refractivity contribution in [3.8, 4) is 0 Å². The van der Waals surface area contributed by atoms with Crippen molar-refractivity contribution in [2.75, 3.05) is 65.9 Å². The second-order valence-electron chi connectivity index (χ2n) is 16.8. The number of ether oxygens (including phenoxy) is 7. The lowest BCUT2D eigenvalue weighted by Gasteiger charge is -2.31. The Labute approximate surface area is 376 Å². The minimum atomic E-state index is -0.800. The first-order valence-corrected chi connectivity index (χ1v) is 24.8. The van der Waals surface area contributed by atoms with Crippen LogP contribution in [-0.4, -0.2) is 101 Å². The van der Waals surface area contributed by atoms with Crippen molar-refractivity contribution >= 4 is 24.1 Å². The van der Waals surface area contributed by atoms with Gasteiger partial charge in [0.25, 0.3) is 0 Å². The summed E-state index contributed by atoms with van der Waals surface area (Å²) in [5.41, 5.74) is 0. The Morgan fingerprint density at radius 3 is 1.69 bits per heavy atom. The maximum Gasteiger partial charge on any atom is 0.508 e. The van der Waals surface area contributed by atoms with E-state index >= 15 is 0 Å². The molecule has 2 atom stereocenters. The van der Waals surface area contributed by atoms with Crippen LogP contribution >= 0.6 is 0 Å². The van der Waals surface area contributed by atoms with Crippen LogP contribution in [0.15, 0.2) is 24.3 Å². The number of rotatable bonds is 40. The van der Waals surface area contributed by atoms with Crippen LogP contribution in [0.25, 0.3) is 0 Å². The van der Waals surface area contributed by atoms with Crippen LogP contribution in [0.5, 0.6) is 0 Å². The van der Waals surface area contributed by atoms with Gasteiger partial charge in [-0.15, -0.1) is 0 Å². The zero-order valence-corrected chi connectivity index (χ0v) is 39.9. The third kappa shape index (κ3) is 33.6. The third-order valence-corrected chi connectivity index (χ3v) is 11.1. The predicted octanol–water partition coefficient (Wildman–Crippen LogP) is 11.5. The Morgan fingerprint density at radius 1 is 0.565 bits per heavy atom. The molecular formula is C50H89NO11. The first-order chi connectivity index (χ1) is 30.2. The summed E-state index contributed by atoms with van der Waals surface area (Å²) >= 11 is 0. The lowest BCUT2D eigenvalue weighted by Crippen LogP contribution is -2.37. The topological polar surface area (TPSA) is 136 Å². The van der Waals surface area contributed by atoms with Crippen molar-refractivity contribution in [2.45, 2.75) is 189 Å². The van der Waals surface area contributed by atoms with Crippen molar-refractivity contribution in [2.24, 2.45) is 17.8 Å². The maximum absolute atomic E-state index is 13.0. The largest absolute Gasteiger partial charge is 0.508 e. The van der Waals surface area contributed by atoms with Crippen molar-refractivity contribution in [1.82, 2.24) is 4.90 Å². The molecule has 1 heterocycles. The maximum atomic E-state index is 13.0. The van der Waals surface area contributed by atoms with E-state index in [9.17, 15) is 19.2 Å². The molecule has 360 valence electrons. The van der Waals surface area contributed by atoms with E-state index in [1.165, 1.54) is 38.5 Å². The molecule has 62 heavy (non-hydrogen) atoms. The molecular weight excluding hydrogens is 791 g/mol. The molecule has 0 saturated carbocycles. The van der Waals surface area contributed by atoms with Crippen LogP contribution in [0.1, 0.15) is 182 Å². The molecule has 0 radical (unpaired) electrons. The Morgan fingerprint density at radius 2 is 1.13 bits per heavy atom. The molecule has 0 aromatic heterocycles. The van der Waals surface area contributed by atoms with E-state index in [-0.39, 0.29) is 57.6 Å². The van der Waals surface area contributed by atoms with E-state index in [2.05, 4.69) is 63.8 Å². The Hall–Kier alpha value is -2.96. The number of carbonyl (C=O) groups excluding carboxylic acids is 4. The van der Waals surface area contributed by atoms with Gasteiger partial charge in [-0.25, -0.2) is 4.79 Å². The van der Waals surface area contributed by atoms with Gasteiger partial charge in [0.05, 0.1) is 25.6 Å². The van der Waals surface area contributed by atoms with E-state index in [0.717, 1.165) is 90.3 Å². The number of esters is 3. The second kappa shape index (κ2) is 40.8. The zero-order chi connectivity index (χ0) is 45.3. The summed E-state index contributed by atoms with van der Waals surface area (Å²) in [5, 5.41) is 0. The molecule has 0 aromatic rings. The summed E-state index contributed by atoms with van der Waals surface area (Å²) < 4.78 is 39.7. The highest BCUT2D eigenvalue weighted by molar-refractivity contribution is 5.70. The molecule has 0 amide bonds. The molecule has 12 nitrogen and oxygen atoms in total. The lowest BCUT2D eigenvalue weighted by atomic mass is 9.93. The van der Waals surface area contributed by atoms with Crippen molar-refractivity contribution in [3.05, 3.63) is 24.3 Å². The average molecular weight is 880 g/mol. The quantitative estimate of drug-likeness (QED) is 0.0190. The molecule has 2 unspecified atom stereocenters. The summed E-state index contributed by atoms with van der Waals surface area (Å²) in [6, 6.07) is 0. The number of unbranched alkanes of at least 4 members (excludes halogenated alkanes) is 7. The number of allylic oxidation sites excluding steroid dienone is 4. The van der Waals surface area contributed by atoms with Gasteiger partial charge in [0.2, 0.25) is 0 Å². The Balaban J connectivity index is 2.65. The van der Waals surface area contributed by atoms with Crippen LogP contribution in [0.2, 0.25) is 0 Å². The summed E-state index contributed by atoms with van der Waals surface area (Å²) in [6.45, 7) is 15.1. The monoisotopic (exact) mass is 880 g/mol. The van der Waals surface area contributed by atoms with Crippen molar-refractivity contribution in [3.63, 3.8) is 0 Å². The highest BCUT2D eigenvalue weighted by Crippen LogP contribution is 2.21. The molecule has 0 spiro atoms. The first-order valence-electron chi connectivity index (χ1n) is 24.8. The van der Waals surface area contributed by atoms with E-state index in [4.69, 9.17) is 33.2 Å². The van der Waals surface area contributed by atoms with Crippen LogP contribution < -0.4 is 0 Å². The number of piperidine rings is 1. The summed E-state index contributed by atoms with van der Waals surface area (Å²) in [7, 11) is 0. The summed E-state index contributed by atoms with van der Waals surface area (Å²) in [4.78, 5) is 53.0.